The van der Waals surface area contributed by atoms with Crippen molar-refractivity contribution in [3.8, 4) is 5.75 Å². The monoisotopic (exact) mass is 269 g/mol. The maximum Gasteiger partial charge on any atom is 0.135 e. The number of hydrogen-bond acceptors (Lipinski definition) is 2. The molecule has 0 atom stereocenters. The first-order valence-corrected chi connectivity index (χ1v) is 6.11. The fourth-order valence-electron chi connectivity index (χ4n) is 2.34. The first-order chi connectivity index (χ1) is 7.04. The lowest BCUT2D eigenvalue weighted by Gasteiger charge is -2.25. The van der Waals surface area contributed by atoms with Crippen molar-refractivity contribution in [1.29, 1.82) is 0 Å². The number of halogens is 1. The minimum absolute atomic E-state index is 0.319. The molecule has 2 nitrogen and oxygen atoms in total. The van der Waals surface area contributed by atoms with Gasteiger partial charge in [-0.3, -0.25) is 0 Å². The highest BCUT2D eigenvalue weighted by atomic mass is 79.9. The summed E-state index contributed by atoms with van der Waals surface area (Å²) in [7, 11) is 0. The van der Waals surface area contributed by atoms with Crippen molar-refractivity contribution in [3.63, 3.8) is 0 Å². The second-order valence-corrected chi connectivity index (χ2v) is 5.25. The average Bonchev–Trinajstić information content (AvgIpc) is 2.62. The van der Waals surface area contributed by atoms with Crippen molar-refractivity contribution in [2.75, 3.05) is 0 Å². The number of hydrogen-bond donors (Lipinski definition) is 2. The normalized spacial score (nSPS) is 19.4. The van der Waals surface area contributed by atoms with E-state index >= 15 is 0 Å². The molecule has 1 aliphatic rings. The summed E-state index contributed by atoms with van der Waals surface area (Å²) < 4.78 is 0.775. The van der Waals surface area contributed by atoms with Crippen LogP contribution in [0.15, 0.2) is 16.6 Å². The quantitative estimate of drug-likeness (QED) is 0.823. The molecule has 1 fully saturated rings. The number of phenols is 1. The molecule has 2 rings (SSSR count). The number of benzene rings is 1. The van der Waals surface area contributed by atoms with Crippen LogP contribution in [0.4, 0.5) is 0 Å². The van der Waals surface area contributed by atoms with Gasteiger partial charge in [-0.05, 0) is 41.3 Å². The van der Waals surface area contributed by atoms with Gasteiger partial charge in [0.15, 0.2) is 0 Å². The number of nitrogens with two attached hydrogens (primary N) is 1. The molecule has 82 valence electrons. The molecule has 0 aliphatic heterocycles. The summed E-state index contributed by atoms with van der Waals surface area (Å²) >= 11 is 3.40. The highest BCUT2D eigenvalue weighted by Gasteiger charge is 2.34. The topological polar surface area (TPSA) is 46.2 Å². The summed E-state index contributed by atoms with van der Waals surface area (Å²) in [5.74, 6) is 0.319. The van der Waals surface area contributed by atoms with E-state index in [1.807, 2.05) is 19.1 Å². The van der Waals surface area contributed by atoms with Crippen LogP contribution >= 0.6 is 15.9 Å². The molecular formula is C12H16BrNO. The molecule has 1 aromatic carbocycles. The zero-order valence-electron chi connectivity index (χ0n) is 8.89. The molecule has 0 heterocycles. The Balaban J connectivity index is 2.49. The third kappa shape index (κ3) is 1.79. The van der Waals surface area contributed by atoms with Crippen LogP contribution in [0, 0.1) is 6.92 Å². The molecule has 15 heavy (non-hydrogen) atoms. The Morgan fingerprint density at radius 2 is 1.93 bits per heavy atom. The molecule has 1 saturated carbocycles. The van der Waals surface area contributed by atoms with Gasteiger partial charge >= 0.3 is 0 Å². The fourth-order valence-corrected chi connectivity index (χ4v) is 2.69. The summed E-state index contributed by atoms with van der Waals surface area (Å²) in [6, 6.07) is 3.97. The molecule has 3 heteroatoms. The summed E-state index contributed by atoms with van der Waals surface area (Å²) in [5.41, 5.74) is 7.93. The third-order valence-corrected chi connectivity index (χ3v) is 4.34. The first-order valence-electron chi connectivity index (χ1n) is 5.32. The van der Waals surface area contributed by atoms with Crippen LogP contribution in [0.1, 0.15) is 36.8 Å². The van der Waals surface area contributed by atoms with Gasteiger partial charge in [0.05, 0.1) is 4.47 Å². The first kappa shape index (κ1) is 11.0. The Bertz CT molecular complexity index is 383. The summed E-state index contributed by atoms with van der Waals surface area (Å²) in [6.45, 7) is 1.96. The largest absolute Gasteiger partial charge is 0.506 e. The van der Waals surface area contributed by atoms with Crippen LogP contribution in [-0.4, -0.2) is 5.11 Å². The molecule has 0 aromatic heterocycles. The Labute approximate surface area is 98.6 Å². The molecule has 0 saturated heterocycles. The molecule has 1 aromatic rings. The van der Waals surface area contributed by atoms with E-state index in [-0.39, 0.29) is 5.54 Å². The van der Waals surface area contributed by atoms with Gasteiger partial charge in [0.25, 0.3) is 0 Å². The number of aryl methyl sites for hydroxylation is 1. The second kappa shape index (κ2) is 3.80. The molecular weight excluding hydrogens is 254 g/mol. The van der Waals surface area contributed by atoms with E-state index < -0.39 is 0 Å². The van der Waals surface area contributed by atoms with Gasteiger partial charge in [0.2, 0.25) is 0 Å². The van der Waals surface area contributed by atoms with Crippen molar-refractivity contribution in [1.82, 2.24) is 0 Å². The van der Waals surface area contributed by atoms with Gasteiger partial charge in [-0.2, -0.15) is 0 Å². The summed E-state index contributed by atoms with van der Waals surface area (Å²) in [6.07, 6.45) is 4.25. The standard InChI is InChI=1S/C12H16BrNO/c1-8-4-5-9(11(15)10(8)13)12(14)6-2-3-7-12/h4-5,15H,2-3,6-7,14H2,1H3. The van der Waals surface area contributed by atoms with Gasteiger partial charge in [0.1, 0.15) is 5.75 Å². The van der Waals surface area contributed by atoms with Gasteiger partial charge in [0, 0.05) is 11.1 Å². The summed E-state index contributed by atoms with van der Waals surface area (Å²) in [4.78, 5) is 0. The van der Waals surface area contributed by atoms with Gasteiger partial charge < -0.3 is 10.8 Å². The lowest BCUT2D eigenvalue weighted by Crippen LogP contribution is -2.33. The maximum absolute atomic E-state index is 10.1. The van der Waals surface area contributed by atoms with Crippen molar-refractivity contribution in [2.24, 2.45) is 5.73 Å². The molecule has 3 N–H and O–H groups in total. The van der Waals surface area contributed by atoms with Crippen LogP contribution < -0.4 is 5.73 Å². The Hall–Kier alpha value is -0.540. The Morgan fingerprint density at radius 1 is 1.33 bits per heavy atom. The minimum Gasteiger partial charge on any atom is -0.506 e. The molecule has 0 amide bonds. The van der Waals surface area contributed by atoms with E-state index in [1.54, 1.807) is 0 Å². The minimum atomic E-state index is -0.319. The van der Waals surface area contributed by atoms with Crippen LogP contribution in [-0.2, 0) is 5.54 Å². The SMILES string of the molecule is Cc1ccc(C2(N)CCCC2)c(O)c1Br. The number of aromatic hydroxyl groups is 1. The molecule has 1 aliphatic carbocycles. The number of rotatable bonds is 1. The Morgan fingerprint density at radius 3 is 2.53 bits per heavy atom. The lowest BCUT2D eigenvalue weighted by atomic mass is 9.88. The smallest absolute Gasteiger partial charge is 0.135 e. The van der Waals surface area contributed by atoms with Crippen LogP contribution in [0.2, 0.25) is 0 Å². The van der Waals surface area contributed by atoms with Gasteiger partial charge in [-0.1, -0.05) is 25.0 Å². The van der Waals surface area contributed by atoms with E-state index in [0.717, 1.165) is 41.3 Å². The van der Waals surface area contributed by atoms with Crippen LogP contribution in [0.25, 0.3) is 0 Å². The van der Waals surface area contributed by atoms with Gasteiger partial charge in [-0.15, -0.1) is 0 Å². The molecule has 0 spiro atoms. The predicted molar refractivity (Wildman–Crippen MR) is 64.9 cm³/mol. The van der Waals surface area contributed by atoms with Crippen LogP contribution in [0.5, 0.6) is 5.75 Å². The zero-order valence-corrected chi connectivity index (χ0v) is 10.5. The highest BCUT2D eigenvalue weighted by molar-refractivity contribution is 9.10. The van der Waals surface area contributed by atoms with Crippen molar-refractivity contribution in [3.05, 3.63) is 27.7 Å². The van der Waals surface area contributed by atoms with E-state index in [1.165, 1.54) is 0 Å². The average molecular weight is 270 g/mol. The van der Waals surface area contributed by atoms with Crippen LogP contribution in [0.3, 0.4) is 0 Å². The Kier molecular flexibility index (Phi) is 2.77. The van der Waals surface area contributed by atoms with Crippen molar-refractivity contribution >= 4 is 15.9 Å². The van der Waals surface area contributed by atoms with E-state index in [4.69, 9.17) is 5.73 Å². The molecule has 0 radical (unpaired) electrons. The number of phenolic OH excluding ortho intramolecular Hbond substituents is 1. The summed E-state index contributed by atoms with van der Waals surface area (Å²) in [5, 5.41) is 10.1. The third-order valence-electron chi connectivity index (χ3n) is 3.34. The maximum atomic E-state index is 10.1. The highest BCUT2D eigenvalue weighted by Crippen LogP contribution is 2.43. The lowest BCUT2D eigenvalue weighted by molar-refractivity contribution is 0.407. The van der Waals surface area contributed by atoms with Crippen molar-refractivity contribution in [2.45, 2.75) is 38.1 Å². The predicted octanol–water partition coefficient (Wildman–Crippen LogP) is 3.19. The molecule has 0 unspecified atom stereocenters. The zero-order chi connectivity index (χ0) is 11.1. The second-order valence-electron chi connectivity index (χ2n) is 4.46. The van der Waals surface area contributed by atoms with Gasteiger partial charge in [-0.25, -0.2) is 0 Å². The van der Waals surface area contributed by atoms with E-state index in [9.17, 15) is 5.11 Å². The fraction of sp³-hybridized carbons (Fsp3) is 0.500. The van der Waals surface area contributed by atoms with E-state index in [2.05, 4.69) is 15.9 Å². The van der Waals surface area contributed by atoms with E-state index in [0.29, 0.717) is 5.75 Å². The van der Waals surface area contributed by atoms with Crippen molar-refractivity contribution < 1.29 is 5.11 Å². The molecule has 0 bridgehead atoms.